The van der Waals surface area contributed by atoms with Crippen LogP contribution in [0.4, 0.5) is 9.59 Å². The SMILES string of the molecule is COC(=O)NC(C(=O)N1CCCC1c1ncc(-c2ccc(C#Cc3ccc(-c4cnc(C5CCCN5C(=O)C(NC(=O)N5CCCC5C)c5ccccc5)[nH]4)cc3)cc2)[nH]1)c1ccccc1. The molecule has 9 rings (SSSR count). The van der Waals surface area contributed by atoms with E-state index in [4.69, 9.17) is 9.72 Å². The van der Waals surface area contributed by atoms with E-state index in [9.17, 15) is 19.2 Å². The van der Waals surface area contributed by atoms with Crippen molar-refractivity contribution < 1.29 is 23.9 Å². The van der Waals surface area contributed by atoms with Crippen LogP contribution >= 0.6 is 0 Å². The van der Waals surface area contributed by atoms with Gasteiger partial charge in [-0.05, 0) is 92.0 Å². The number of nitrogens with one attached hydrogen (secondary N) is 4. The van der Waals surface area contributed by atoms with Gasteiger partial charge in [-0.1, -0.05) is 96.8 Å². The number of imidazole rings is 2. The summed E-state index contributed by atoms with van der Waals surface area (Å²) >= 11 is 0. The average Bonchev–Trinajstić information content (AvgIpc) is 4.23. The molecule has 0 bridgehead atoms. The molecule has 5 heterocycles. The lowest BCUT2D eigenvalue weighted by atomic mass is 10.0. The average molecular weight is 884 g/mol. The Bertz CT molecular complexity index is 2730. The number of H-pyrrole nitrogens is 2. The van der Waals surface area contributed by atoms with Crippen LogP contribution in [0.3, 0.4) is 0 Å². The molecule has 3 aliphatic heterocycles. The molecule has 14 heteroatoms. The van der Waals surface area contributed by atoms with E-state index in [1.807, 2.05) is 132 Å². The monoisotopic (exact) mass is 883 g/mol. The number of alkyl carbamates (subject to hydrolysis) is 1. The maximum absolute atomic E-state index is 14.3. The van der Waals surface area contributed by atoms with Crippen molar-refractivity contribution in [3.8, 4) is 34.4 Å². The molecule has 336 valence electrons. The molecular weight excluding hydrogens is 831 g/mol. The highest BCUT2D eigenvalue weighted by Crippen LogP contribution is 2.36. The van der Waals surface area contributed by atoms with Crippen molar-refractivity contribution in [1.82, 2.24) is 45.3 Å². The first-order valence-corrected chi connectivity index (χ1v) is 22.7. The number of nitrogens with zero attached hydrogens (tertiary/aromatic N) is 5. The number of rotatable bonds is 10. The van der Waals surface area contributed by atoms with Gasteiger partial charge in [0.25, 0.3) is 5.91 Å². The van der Waals surface area contributed by atoms with Gasteiger partial charge >= 0.3 is 12.1 Å². The Balaban J connectivity index is 0.831. The Kier molecular flexibility index (Phi) is 12.9. The van der Waals surface area contributed by atoms with Gasteiger partial charge in [0.05, 0.1) is 43.0 Å². The third kappa shape index (κ3) is 9.42. The molecule has 3 fully saturated rings. The van der Waals surface area contributed by atoms with Gasteiger partial charge in [-0.25, -0.2) is 19.6 Å². The molecule has 3 aliphatic rings. The third-order valence-corrected chi connectivity index (χ3v) is 12.9. The first-order valence-electron chi connectivity index (χ1n) is 22.7. The number of amides is 5. The number of aromatic nitrogens is 4. The van der Waals surface area contributed by atoms with Crippen molar-refractivity contribution in [3.63, 3.8) is 0 Å². The van der Waals surface area contributed by atoms with E-state index >= 15 is 0 Å². The van der Waals surface area contributed by atoms with Crippen molar-refractivity contribution in [2.45, 2.75) is 75.7 Å². The zero-order valence-corrected chi connectivity index (χ0v) is 37.1. The Hall–Kier alpha value is -7.66. The topological polar surface area (TPSA) is 169 Å². The largest absolute Gasteiger partial charge is 0.453 e. The summed E-state index contributed by atoms with van der Waals surface area (Å²) < 4.78 is 4.83. The van der Waals surface area contributed by atoms with Crippen LogP contribution in [0.2, 0.25) is 0 Å². The molecule has 0 spiro atoms. The molecule has 66 heavy (non-hydrogen) atoms. The van der Waals surface area contributed by atoms with E-state index in [0.29, 0.717) is 31.0 Å². The van der Waals surface area contributed by atoms with Crippen molar-refractivity contribution in [2.75, 3.05) is 26.7 Å². The van der Waals surface area contributed by atoms with Crippen LogP contribution in [-0.2, 0) is 14.3 Å². The van der Waals surface area contributed by atoms with Gasteiger partial charge < -0.3 is 40.0 Å². The van der Waals surface area contributed by atoms with Crippen molar-refractivity contribution in [2.24, 2.45) is 0 Å². The second-order valence-electron chi connectivity index (χ2n) is 17.1. The van der Waals surface area contributed by atoms with Crippen LogP contribution in [-0.4, -0.2) is 91.4 Å². The summed E-state index contributed by atoms with van der Waals surface area (Å²) in [7, 11) is 1.28. The Labute approximate surface area is 384 Å². The molecular formula is C52H53N9O5. The van der Waals surface area contributed by atoms with Gasteiger partial charge in [-0.2, -0.15) is 0 Å². The minimum Gasteiger partial charge on any atom is -0.453 e. The van der Waals surface area contributed by atoms with Gasteiger partial charge in [-0.3, -0.25) is 9.59 Å². The molecule has 4 aromatic carbocycles. The summed E-state index contributed by atoms with van der Waals surface area (Å²) in [4.78, 5) is 75.6. The first kappa shape index (κ1) is 43.6. The van der Waals surface area contributed by atoms with E-state index < -0.39 is 18.2 Å². The van der Waals surface area contributed by atoms with Crippen LogP contribution in [0.5, 0.6) is 0 Å². The lowest BCUT2D eigenvalue weighted by Crippen LogP contribution is -2.48. The van der Waals surface area contributed by atoms with Gasteiger partial charge in [0.15, 0.2) is 0 Å². The molecule has 0 aliphatic carbocycles. The lowest BCUT2D eigenvalue weighted by Gasteiger charge is -2.30. The fraction of sp³-hybridized carbons (Fsp3) is 0.308. The highest BCUT2D eigenvalue weighted by Gasteiger charge is 2.39. The number of likely N-dealkylation sites (tertiary alicyclic amines) is 3. The molecule has 14 nitrogen and oxygen atoms in total. The third-order valence-electron chi connectivity index (χ3n) is 12.9. The highest BCUT2D eigenvalue weighted by atomic mass is 16.5. The Morgan fingerprint density at radius 3 is 1.48 bits per heavy atom. The number of carbonyl (C=O) groups excluding carboxylic acids is 4. The summed E-state index contributed by atoms with van der Waals surface area (Å²) in [5.74, 6) is 7.60. The number of urea groups is 1. The quantitative estimate of drug-likeness (QED) is 0.101. The minimum absolute atomic E-state index is 0.137. The molecule has 6 aromatic rings. The van der Waals surface area contributed by atoms with Crippen molar-refractivity contribution in [3.05, 3.63) is 155 Å². The smallest absolute Gasteiger partial charge is 0.407 e. The highest BCUT2D eigenvalue weighted by molar-refractivity contribution is 5.89. The van der Waals surface area contributed by atoms with Crippen LogP contribution < -0.4 is 10.6 Å². The summed E-state index contributed by atoms with van der Waals surface area (Å²) in [5, 5.41) is 5.79. The van der Waals surface area contributed by atoms with Gasteiger partial charge in [0.2, 0.25) is 5.91 Å². The standard InChI is InChI=1S/C52H53N9O5/c1-34-12-9-29-59(34)51(64)57-45(39-13-5-3-6-14-39)49(62)60-30-10-17-43(60)47-53-32-41(55-47)37-25-21-35(22-26-37)19-20-36-23-27-38(28-24-36)42-33-54-48(56-42)44-18-11-31-61(44)50(63)46(58-52(65)66-2)40-15-7-4-8-16-40/h3-8,13-16,21-28,32-34,43-46H,9-12,17-18,29-31H2,1-2H3,(H,53,55)(H,54,56)(H,57,64)(H,58,65). The molecule has 3 saturated heterocycles. The van der Waals surface area contributed by atoms with E-state index in [1.165, 1.54) is 7.11 Å². The van der Waals surface area contributed by atoms with Gasteiger partial charge in [-0.15, -0.1) is 0 Å². The maximum Gasteiger partial charge on any atom is 0.407 e. The summed E-state index contributed by atoms with van der Waals surface area (Å²) in [5.41, 5.74) is 6.71. The van der Waals surface area contributed by atoms with E-state index in [1.54, 1.807) is 11.1 Å². The summed E-state index contributed by atoms with van der Waals surface area (Å²) in [6, 6.07) is 32.3. The fourth-order valence-corrected chi connectivity index (χ4v) is 9.36. The predicted molar refractivity (Wildman–Crippen MR) is 249 cm³/mol. The van der Waals surface area contributed by atoms with E-state index in [0.717, 1.165) is 83.6 Å². The molecule has 5 amide bonds. The van der Waals surface area contributed by atoms with Crippen molar-refractivity contribution >= 4 is 23.9 Å². The molecule has 0 saturated carbocycles. The van der Waals surface area contributed by atoms with Crippen LogP contribution in [0.1, 0.15) is 104 Å². The predicted octanol–water partition coefficient (Wildman–Crippen LogP) is 8.23. The fourth-order valence-electron chi connectivity index (χ4n) is 9.36. The first-order chi connectivity index (χ1) is 32.2. The zero-order valence-electron chi connectivity index (χ0n) is 37.1. The molecule has 5 atom stereocenters. The minimum atomic E-state index is -0.885. The molecule has 5 unspecified atom stereocenters. The lowest BCUT2D eigenvalue weighted by molar-refractivity contribution is -0.135. The number of aromatic amines is 2. The second-order valence-corrected chi connectivity index (χ2v) is 17.1. The number of ether oxygens (including phenoxy) is 1. The molecule has 4 N–H and O–H groups in total. The van der Waals surface area contributed by atoms with E-state index in [-0.39, 0.29) is 36.0 Å². The maximum atomic E-state index is 14.3. The number of hydrogen-bond acceptors (Lipinski definition) is 7. The van der Waals surface area contributed by atoms with Crippen LogP contribution in [0, 0.1) is 11.8 Å². The number of methoxy groups -OCH3 is 1. The summed E-state index contributed by atoms with van der Waals surface area (Å²) in [6.45, 7) is 3.87. The zero-order chi connectivity index (χ0) is 45.6. The number of carbonyl (C=O) groups is 4. The van der Waals surface area contributed by atoms with Crippen LogP contribution in [0.15, 0.2) is 122 Å². The Morgan fingerprint density at radius 1 is 0.606 bits per heavy atom. The van der Waals surface area contributed by atoms with Gasteiger partial charge in [0, 0.05) is 36.8 Å². The number of benzene rings is 4. The van der Waals surface area contributed by atoms with Crippen molar-refractivity contribution in [1.29, 1.82) is 0 Å². The molecule has 0 radical (unpaired) electrons. The van der Waals surface area contributed by atoms with Gasteiger partial charge in [0.1, 0.15) is 23.7 Å². The molecule has 2 aromatic heterocycles. The summed E-state index contributed by atoms with van der Waals surface area (Å²) in [6.07, 6.45) is 8.00. The Morgan fingerprint density at radius 2 is 1.05 bits per heavy atom. The second kappa shape index (κ2) is 19.6. The normalized spacial score (nSPS) is 18.9. The number of hydrogen-bond donors (Lipinski definition) is 4. The van der Waals surface area contributed by atoms with Crippen LogP contribution in [0.25, 0.3) is 22.5 Å². The van der Waals surface area contributed by atoms with E-state index in [2.05, 4.69) is 37.4 Å².